The molecule has 0 aliphatic carbocycles. The minimum atomic E-state index is -0.265. The summed E-state index contributed by atoms with van der Waals surface area (Å²) in [6.07, 6.45) is 9.35. The third kappa shape index (κ3) is 3.31. The molecule has 2 bridgehead atoms. The van der Waals surface area contributed by atoms with E-state index in [1.54, 1.807) is 0 Å². The third-order valence-corrected chi connectivity index (χ3v) is 3.53. The molecule has 18 heavy (non-hydrogen) atoms. The quantitative estimate of drug-likeness (QED) is 0.715. The van der Waals surface area contributed by atoms with Crippen molar-refractivity contribution in [2.75, 3.05) is 7.11 Å². The lowest BCUT2D eigenvalue weighted by molar-refractivity contribution is 0.0599. The maximum Gasteiger partial charge on any atom is 0.339 e. The van der Waals surface area contributed by atoms with Crippen molar-refractivity contribution in [3.05, 3.63) is 29.1 Å². The number of ether oxygens (including phenoxy) is 1. The highest BCUT2D eigenvalue weighted by Crippen LogP contribution is 2.17. The maximum absolute atomic E-state index is 11.7. The summed E-state index contributed by atoms with van der Waals surface area (Å²) in [6.45, 7) is 0. The van der Waals surface area contributed by atoms with Gasteiger partial charge in [-0.25, -0.2) is 4.79 Å². The van der Waals surface area contributed by atoms with Crippen molar-refractivity contribution in [3.8, 4) is 0 Å². The summed E-state index contributed by atoms with van der Waals surface area (Å²) in [7, 11) is 1.42. The van der Waals surface area contributed by atoms with Crippen molar-refractivity contribution >= 4 is 5.97 Å². The number of nitrogens with zero attached hydrogens (tertiary/aromatic N) is 1. The number of aromatic nitrogens is 1. The van der Waals surface area contributed by atoms with Gasteiger partial charge in [0.1, 0.15) is 0 Å². The average molecular weight is 247 g/mol. The lowest BCUT2D eigenvalue weighted by Crippen LogP contribution is -2.09. The zero-order valence-electron chi connectivity index (χ0n) is 11.1. The molecule has 0 N–H and O–H groups in total. The van der Waals surface area contributed by atoms with Crippen LogP contribution in [0.5, 0.6) is 0 Å². The number of esters is 1. The fraction of sp³-hybridized carbons (Fsp3) is 0.600. The van der Waals surface area contributed by atoms with Crippen LogP contribution in [0.15, 0.2) is 12.1 Å². The minimum Gasteiger partial charge on any atom is -0.465 e. The van der Waals surface area contributed by atoms with Gasteiger partial charge < -0.3 is 4.74 Å². The Kier molecular flexibility index (Phi) is 4.73. The van der Waals surface area contributed by atoms with Crippen LogP contribution in [0.25, 0.3) is 0 Å². The van der Waals surface area contributed by atoms with Gasteiger partial charge in [-0.05, 0) is 37.8 Å². The van der Waals surface area contributed by atoms with E-state index < -0.39 is 0 Å². The predicted molar refractivity (Wildman–Crippen MR) is 70.7 cm³/mol. The van der Waals surface area contributed by atoms with Gasteiger partial charge in [-0.3, -0.25) is 4.98 Å². The predicted octanol–water partition coefficient (Wildman–Crippen LogP) is 3.31. The van der Waals surface area contributed by atoms with Gasteiger partial charge in [-0.1, -0.05) is 25.7 Å². The first-order valence-electron chi connectivity index (χ1n) is 6.88. The first kappa shape index (κ1) is 13.1. The lowest BCUT2D eigenvalue weighted by Gasteiger charge is -2.08. The van der Waals surface area contributed by atoms with E-state index in [-0.39, 0.29) is 5.97 Å². The number of pyridine rings is 1. The molecular weight excluding hydrogens is 226 g/mol. The van der Waals surface area contributed by atoms with E-state index >= 15 is 0 Å². The van der Waals surface area contributed by atoms with Crippen LogP contribution in [0.1, 0.15) is 60.3 Å². The largest absolute Gasteiger partial charge is 0.465 e. The summed E-state index contributed by atoms with van der Waals surface area (Å²) in [6, 6.07) is 3.84. The molecule has 0 atom stereocenters. The second-order valence-corrected chi connectivity index (χ2v) is 4.91. The molecule has 0 unspecified atom stereocenters. The maximum atomic E-state index is 11.7. The van der Waals surface area contributed by atoms with Gasteiger partial charge in [0.2, 0.25) is 0 Å². The summed E-state index contributed by atoms with van der Waals surface area (Å²) in [5, 5.41) is 0. The Labute approximate surface area is 109 Å². The number of rotatable bonds is 1. The topological polar surface area (TPSA) is 39.2 Å². The molecule has 3 heteroatoms. The van der Waals surface area contributed by atoms with Crippen LogP contribution in [0, 0.1) is 0 Å². The Hall–Kier alpha value is -1.38. The molecule has 0 saturated carbocycles. The molecule has 98 valence electrons. The molecule has 0 amide bonds. The molecule has 1 aromatic heterocycles. The van der Waals surface area contributed by atoms with Crippen LogP contribution >= 0.6 is 0 Å². The molecule has 1 aliphatic heterocycles. The van der Waals surface area contributed by atoms with E-state index in [4.69, 9.17) is 4.74 Å². The standard InChI is InChI=1S/C15H21NO2/c1-18-15(17)13-11-10-12-8-6-4-2-3-5-7-9-14(13)16-12/h10-11H,2-9H2,1H3. The minimum absolute atomic E-state index is 0.265. The van der Waals surface area contributed by atoms with Crippen LogP contribution in [0.4, 0.5) is 0 Å². The van der Waals surface area contributed by atoms with Gasteiger partial charge in [0, 0.05) is 5.69 Å². The zero-order valence-corrected chi connectivity index (χ0v) is 11.1. The Bertz CT molecular complexity index is 415. The number of carbonyl (C=O) groups excluding carboxylic acids is 1. The second kappa shape index (κ2) is 6.53. The Morgan fingerprint density at radius 1 is 1.06 bits per heavy atom. The lowest BCUT2D eigenvalue weighted by atomic mass is 10.1. The van der Waals surface area contributed by atoms with Crippen LogP contribution in [-0.2, 0) is 17.6 Å². The fourth-order valence-electron chi connectivity index (χ4n) is 2.48. The first-order valence-corrected chi connectivity index (χ1v) is 6.88. The normalized spacial score (nSPS) is 16.7. The van der Waals surface area contributed by atoms with E-state index in [0.29, 0.717) is 5.56 Å². The summed E-state index contributed by atoms with van der Waals surface area (Å²) < 4.78 is 4.82. The zero-order chi connectivity index (χ0) is 12.8. The SMILES string of the molecule is COC(=O)c1ccc2nc1CCCCCCCC2. The van der Waals surface area contributed by atoms with Gasteiger partial charge in [0.05, 0.1) is 18.4 Å². The number of fused-ring (bicyclic) bond motifs is 2. The summed E-state index contributed by atoms with van der Waals surface area (Å²) in [4.78, 5) is 16.3. The number of carbonyl (C=O) groups is 1. The van der Waals surface area contributed by atoms with Crippen molar-refractivity contribution in [1.29, 1.82) is 0 Å². The van der Waals surface area contributed by atoms with E-state index in [1.807, 2.05) is 12.1 Å². The monoisotopic (exact) mass is 247 g/mol. The Morgan fingerprint density at radius 3 is 2.44 bits per heavy atom. The van der Waals surface area contributed by atoms with Gasteiger partial charge in [0.25, 0.3) is 0 Å². The van der Waals surface area contributed by atoms with Crippen molar-refractivity contribution in [2.45, 2.75) is 51.4 Å². The molecule has 2 rings (SSSR count). The smallest absolute Gasteiger partial charge is 0.339 e. The molecule has 3 nitrogen and oxygen atoms in total. The number of hydrogen-bond donors (Lipinski definition) is 0. The van der Waals surface area contributed by atoms with Crippen molar-refractivity contribution in [1.82, 2.24) is 4.98 Å². The molecule has 0 aromatic carbocycles. The molecule has 0 spiro atoms. The first-order chi connectivity index (χ1) is 8.81. The van der Waals surface area contributed by atoms with Gasteiger partial charge in [-0.2, -0.15) is 0 Å². The average Bonchev–Trinajstić information content (AvgIpc) is 2.44. The van der Waals surface area contributed by atoms with Gasteiger partial charge in [0.15, 0.2) is 0 Å². The summed E-state index contributed by atoms with van der Waals surface area (Å²) in [5.74, 6) is -0.265. The molecule has 1 aliphatic rings. The molecule has 0 radical (unpaired) electrons. The molecule has 2 heterocycles. The van der Waals surface area contributed by atoms with Gasteiger partial charge in [-0.15, -0.1) is 0 Å². The highest BCUT2D eigenvalue weighted by Gasteiger charge is 2.14. The van der Waals surface area contributed by atoms with Crippen LogP contribution in [0.2, 0.25) is 0 Å². The summed E-state index contributed by atoms with van der Waals surface area (Å²) in [5.41, 5.74) is 2.67. The van der Waals surface area contributed by atoms with Crippen LogP contribution in [-0.4, -0.2) is 18.1 Å². The van der Waals surface area contributed by atoms with Crippen LogP contribution < -0.4 is 0 Å². The molecule has 1 aromatic rings. The van der Waals surface area contributed by atoms with Crippen LogP contribution in [0.3, 0.4) is 0 Å². The third-order valence-electron chi connectivity index (χ3n) is 3.53. The number of aryl methyl sites for hydroxylation is 2. The van der Waals surface area contributed by atoms with E-state index in [9.17, 15) is 4.79 Å². The van der Waals surface area contributed by atoms with Crippen molar-refractivity contribution in [3.63, 3.8) is 0 Å². The highest BCUT2D eigenvalue weighted by atomic mass is 16.5. The van der Waals surface area contributed by atoms with Crippen molar-refractivity contribution < 1.29 is 9.53 Å². The van der Waals surface area contributed by atoms with E-state index in [1.165, 1.54) is 39.2 Å². The second-order valence-electron chi connectivity index (χ2n) is 4.91. The fourth-order valence-corrected chi connectivity index (χ4v) is 2.48. The molecule has 0 fully saturated rings. The number of hydrogen-bond acceptors (Lipinski definition) is 3. The Morgan fingerprint density at radius 2 is 1.72 bits per heavy atom. The van der Waals surface area contributed by atoms with E-state index in [0.717, 1.165) is 30.7 Å². The van der Waals surface area contributed by atoms with Gasteiger partial charge >= 0.3 is 5.97 Å². The van der Waals surface area contributed by atoms with E-state index in [2.05, 4.69) is 4.98 Å². The highest BCUT2D eigenvalue weighted by molar-refractivity contribution is 5.90. The number of methoxy groups -OCH3 is 1. The molecular formula is C15H21NO2. The summed E-state index contributed by atoms with van der Waals surface area (Å²) >= 11 is 0. The van der Waals surface area contributed by atoms with Crippen molar-refractivity contribution in [2.24, 2.45) is 0 Å². The molecule has 0 saturated heterocycles. The Balaban J connectivity index is 2.24.